The van der Waals surface area contributed by atoms with E-state index in [0.717, 1.165) is 34.7 Å². The molecule has 0 unspecified atom stereocenters. The van der Waals surface area contributed by atoms with Gasteiger partial charge in [-0.1, -0.05) is 42.5 Å². The zero-order chi connectivity index (χ0) is 29.6. The van der Waals surface area contributed by atoms with Gasteiger partial charge >= 0.3 is 12.1 Å². The van der Waals surface area contributed by atoms with Gasteiger partial charge in [0.25, 0.3) is 10.0 Å². The minimum Gasteiger partial charge on any atom is -0.475 e. The molecular formula is C28H22F4N3O5S+. The molecule has 0 spiro atoms. The second kappa shape index (κ2) is 12.2. The predicted molar refractivity (Wildman–Crippen MR) is 143 cm³/mol. The lowest BCUT2D eigenvalue weighted by Crippen LogP contribution is -2.81. The van der Waals surface area contributed by atoms with Gasteiger partial charge in [-0.3, -0.25) is 10.0 Å². The zero-order valence-corrected chi connectivity index (χ0v) is 21.8. The van der Waals surface area contributed by atoms with Crippen LogP contribution in [0, 0.1) is 5.82 Å². The van der Waals surface area contributed by atoms with Crippen LogP contribution in [0.5, 0.6) is 11.5 Å². The van der Waals surface area contributed by atoms with Crippen LogP contribution in [-0.4, -0.2) is 31.5 Å². The van der Waals surface area contributed by atoms with E-state index in [1.54, 1.807) is 18.2 Å². The highest BCUT2D eigenvalue weighted by Crippen LogP contribution is 2.30. The molecule has 0 amide bonds. The topological polar surface area (TPSA) is 122 Å². The van der Waals surface area contributed by atoms with Crippen LogP contribution in [0.15, 0.2) is 107 Å². The number of carboxylic acids is 1. The van der Waals surface area contributed by atoms with Gasteiger partial charge in [-0.15, -0.1) is 0 Å². The number of ether oxygens (including phenoxy) is 1. The number of sulfonamides is 1. The van der Waals surface area contributed by atoms with Crippen molar-refractivity contribution in [2.45, 2.75) is 17.5 Å². The molecule has 8 nitrogen and oxygen atoms in total. The molecule has 1 heterocycles. The van der Waals surface area contributed by atoms with Crippen LogP contribution in [0.4, 0.5) is 34.6 Å². The number of benzene rings is 4. The molecule has 13 heteroatoms. The number of anilines is 1. The third kappa shape index (κ3) is 7.90. The molecule has 5 rings (SSSR count). The van der Waals surface area contributed by atoms with Gasteiger partial charge in [-0.05, 0) is 54.1 Å². The summed E-state index contributed by atoms with van der Waals surface area (Å²) in [6.07, 6.45) is -4.46. The Morgan fingerprint density at radius 3 is 2.15 bits per heavy atom. The summed E-state index contributed by atoms with van der Waals surface area (Å²) in [7, 11) is -4.05. The molecular weight excluding hydrogens is 566 g/mol. The molecule has 0 saturated heterocycles. The SMILES string of the molecule is O=C(O)C(F)(F)F.O=S(=O)(Nc1ccc2c(c1)N=C(Cc1ccc(Oc3ccccc3)cc1)[NH2+]2)c1ccccc1F. The Balaban J connectivity index is 0.000000493. The molecule has 0 atom stereocenters. The second-order valence-electron chi connectivity index (χ2n) is 8.60. The number of carbonyl (C=O) groups is 1. The Kier molecular flexibility index (Phi) is 8.69. The number of carboxylic acid groups (broad SMARTS) is 1. The highest BCUT2D eigenvalue weighted by molar-refractivity contribution is 7.92. The molecule has 0 fully saturated rings. The van der Waals surface area contributed by atoms with E-state index in [9.17, 15) is 26.0 Å². The predicted octanol–water partition coefficient (Wildman–Crippen LogP) is 5.53. The lowest BCUT2D eigenvalue weighted by atomic mass is 10.1. The van der Waals surface area contributed by atoms with E-state index in [1.165, 1.54) is 18.2 Å². The summed E-state index contributed by atoms with van der Waals surface area (Å²) in [6, 6.07) is 27.7. The van der Waals surface area contributed by atoms with Crippen LogP contribution >= 0.6 is 0 Å². The summed E-state index contributed by atoms with van der Waals surface area (Å²) in [5.41, 5.74) is 2.95. The monoisotopic (exact) mass is 588 g/mol. The summed E-state index contributed by atoms with van der Waals surface area (Å²) in [5, 5.41) is 9.10. The number of nitrogens with zero attached hydrogens (tertiary/aromatic N) is 1. The summed E-state index contributed by atoms with van der Waals surface area (Å²) < 4.78 is 79.1. The summed E-state index contributed by atoms with van der Waals surface area (Å²) in [4.78, 5) is 13.1. The van der Waals surface area contributed by atoms with E-state index in [1.807, 2.05) is 59.9 Å². The Morgan fingerprint density at radius 1 is 0.902 bits per heavy atom. The van der Waals surface area contributed by atoms with Gasteiger partial charge in [-0.2, -0.15) is 18.2 Å². The van der Waals surface area contributed by atoms with Crippen molar-refractivity contribution in [1.29, 1.82) is 0 Å². The van der Waals surface area contributed by atoms with Gasteiger partial charge in [0.05, 0.1) is 12.1 Å². The molecule has 4 N–H and O–H groups in total. The van der Waals surface area contributed by atoms with Crippen LogP contribution in [-0.2, 0) is 21.2 Å². The number of alkyl halides is 3. The highest BCUT2D eigenvalue weighted by atomic mass is 32.2. The van der Waals surface area contributed by atoms with Crippen molar-refractivity contribution in [3.8, 4) is 11.5 Å². The maximum Gasteiger partial charge on any atom is 0.490 e. The van der Waals surface area contributed by atoms with Crippen LogP contribution in [0.1, 0.15) is 5.56 Å². The van der Waals surface area contributed by atoms with Crippen LogP contribution in [0.25, 0.3) is 0 Å². The van der Waals surface area contributed by atoms with Gasteiger partial charge in [0.1, 0.15) is 27.9 Å². The zero-order valence-electron chi connectivity index (χ0n) is 21.0. The number of amidine groups is 1. The van der Waals surface area contributed by atoms with Crippen molar-refractivity contribution in [1.82, 2.24) is 0 Å². The fraction of sp³-hybridized carbons (Fsp3) is 0.0714. The van der Waals surface area contributed by atoms with Crippen LogP contribution in [0.2, 0.25) is 0 Å². The molecule has 4 aromatic carbocycles. The molecule has 1 aliphatic heterocycles. The van der Waals surface area contributed by atoms with Gasteiger partial charge < -0.3 is 9.84 Å². The third-order valence-corrected chi connectivity index (χ3v) is 6.94. The van der Waals surface area contributed by atoms with Gasteiger partial charge in [-0.25, -0.2) is 17.6 Å². The Labute approximate surface area is 232 Å². The van der Waals surface area contributed by atoms with Crippen molar-refractivity contribution in [2.24, 2.45) is 4.99 Å². The maximum atomic E-state index is 13.9. The quantitative estimate of drug-likeness (QED) is 0.194. The second-order valence-corrected chi connectivity index (χ2v) is 10.2. The van der Waals surface area contributed by atoms with Gasteiger partial charge in [0, 0.05) is 6.07 Å². The molecule has 212 valence electrons. The smallest absolute Gasteiger partial charge is 0.475 e. The number of aliphatic carboxylic acids is 1. The minimum atomic E-state index is -5.08. The van der Waals surface area contributed by atoms with E-state index < -0.39 is 32.9 Å². The van der Waals surface area contributed by atoms with E-state index >= 15 is 0 Å². The number of nitrogens with two attached hydrogens (primary N) is 1. The minimum absolute atomic E-state index is 0.322. The number of fused-ring (bicyclic) bond motifs is 1. The average Bonchev–Trinajstić information content (AvgIpc) is 3.31. The van der Waals surface area contributed by atoms with Gasteiger partial charge in [0.15, 0.2) is 5.69 Å². The molecule has 0 saturated carbocycles. The standard InChI is InChI=1S/C26H20FN3O3S.C2HF3O2/c27-22-8-4-5-9-25(22)34(31,32)30-19-12-15-23-24(17-19)29-26(28-23)16-18-10-13-21(14-11-18)33-20-6-2-1-3-7-20;3-2(4,5)1(6)7/h1-15,17,30H,16H2,(H,28,29);(H,6,7)/p+1. The molecule has 0 aromatic heterocycles. The van der Waals surface area contributed by atoms with Crippen molar-refractivity contribution in [3.05, 3.63) is 108 Å². The molecule has 41 heavy (non-hydrogen) atoms. The highest BCUT2D eigenvalue weighted by Gasteiger charge is 2.38. The summed E-state index contributed by atoms with van der Waals surface area (Å²) >= 11 is 0. The first-order valence-electron chi connectivity index (χ1n) is 11.9. The average molecular weight is 589 g/mol. The number of aliphatic imine (C=N–C) groups is 1. The first-order valence-corrected chi connectivity index (χ1v) is 13.3. The van der Waals surface area contributed by atoms with Crippen molar-refractivity contribution >= 4 is 38.9 Å². The van der Waals surface area contributed by atoms with E-state index in [2.05, 4.69) is 9.71 Å². The number of rotatable bonds is 7. The van der Waals surface area contributed by atoms with Crippen molar-refractivity contribution in [3.63, 3.8) is 0 Å². The number of quaternary nitrogens is 1. The largest absolute Gasteiger partial charge is 0.490 e. The maximum absolute atomic E-state index is 13.9. The fourth-order valence-corrected chi connectivity index (χ4v) is 4.79. The number of nitrogens with one attached hydrogen (secondary N) is 1. The Morgan fingerprint density at radius 2 is 1.51 bits per heavy atom. The lowest BCUT2D eigenvalue weighted by molar-refractivity contribution is -0.440. The Hall–Kier alpha value is -4.75. The van der Waals surface area contributed by atoms with Crippen molar-refractivity contribution in [2.75, 3.05) is 4.72 Å². The number of halogens is 4. The molecule has 0 aliphatic carbocycles. The molecule has 0 bridgehead atoms. The number of hydrogen-bond acceptors (Lipinski definition) is 5. The molecule has 4 aromatic rings. The number of para-hydroxylation sites is 1. The third-order valence-electron chi connectivity index (χ3n) is 5.52. The fourth-order valence-electron chi connectivity index (χ4n) is 3.66. The normalized spacial score (nSPS) is 12.4. The molecule has 1 aliphatic rings. The summed E-state index contributed by atoms with van der Waals surface area (Å²) in [6.45, 7) is 0. The first-order chi connectivity index (χ1) is 19.4. The lowest BCUT2D eigenvalue weighted by Gasteiger charge is -2.09. The van der Waals surface area contributed by atoms with Crippen LogP contribution < -0.4 is 14.8 Å². The van der Waals surface area contributed by atoms with E-state index in [4.69, 9.17) is 14.6 Å². The molecule has 0 radical (unpaired) electrons. The summed E-state index contributed by atoms with van der Waals surface area (Å²) in [5.74, 6) is -1.17. The van der Waals surface area contributed by atoms with Crippen molar-refractivity contribution < 1.29 is 45.9 Å². The first kappa shape index (κ1) is 29.2. The van der Waals surface area contributed by atoms with Crippen LogP contribution in [0.3, 0.4) is 0 Å². The van der Waals surface area contributed by atoms with E-state index in [-0.39, 0.29) is 0 Å². The van der Waals surface area contributed by atoms with Gasteiger partial charge in [0.2, 0.25) is 5.84 Å². The Bertz CT molecular complexity index is 1680. The number of hydrogen-bond donors (Lipinski definition) is 3. The van der Waals surface area contributed by atoms with E-state index in [0.29, 0.717) is 17.8 Å².